The molecule has 118 valence electrons. The van der Waals surface area contributed by atoms with Gasteiger partial charge in [0.05, 0.1) is 12.6 Å². The van der Waals surface area contributed by atoms with Gasteiger partial charge in [-0.3, -0.25) is 0 Å². The van der Waals surface area contributed by atoms with Crippen molar-refractivity contribution in [1.82, 2.24) is 15.6 Å². The Balaban J connectivity index is 2.67. The molecular formula is C16H28N4O. The predicted molar refractivity (Wildman–Crippen MR) is 87.7 cm³/mol. The number of ether oxygens (including phenoxy) is 1. The second-order valence-electron chi connectivity index (χ2n) is 6.24. The summed E-state index contributed by atoms with van der Waals surface area (Å²) >= 11 is 0. The standard InChI is InChI=1S/C16H28N4O/c1-7-17-15(20-16(4,5)6)19-11-13-8-9-14(18-10-13)21-12(2)3/h8-10,12H,7,11H2,1-6H3,(H2,17,19,20). The Morgan fingerprint density at radius 2 is 2.05 bits per heavy atom. The third kappa shape index (κ3) is 7.54. The van der Waals surface area contributed by atoms with Crippen LogP contribution < -0.4 is 15.4 Å². The summed E-state index contributed by atoms with van der Waals surface area (Å²) in [6.07, 6.45) is 1.94. The van der Waals surface area contributed by atoms with Crippen LogP contribution in [0.5, 0.6) is 5.88 Å². The molecule has 5 heteroatoms. The summed E-state index contributed by atoms with van der Waals surface area (Å²) in [4.78, 5) is 8.86. The van der Waals surface area contributed by atoms with Crippen molar-refractivity contribution in [1.29, 1.82) is 0 Å². The third-order valence-corrected chi connectivity index (χ3v) is 2.41. The number of aromatic nitrogens is 1. The molecule has 0 spiro atoms. The highest BCUT2D eigenvalue weighted by Gasteiger charge is 2.11. The molecule has 1 heterocycles. The minimum atomic E-state index is -0.0196. The molecule has 2 N–H and O–H groups in total. The third-order valence-electron chi connectivity index (χ3n) is 2.41. The molecule has 0 fully saturated rings. The van der Waals surface area contributed by atoms with E-state index in [-0.39, 0.29) is 11.6 Å². The summed E-state index contributed by atoms with van der Waals surface area (Å²) in [5.41, 5.74) is 1.03. The van der Waals surface area contributed by atoms with Gasteiger partial charge < -0.3 is 15.4 Å². The molecule has 5 nitrogen and oxygen atoms in total. The van der Waals surface area contributed by atoms with Crippen LogP contribution in [0.3, 0.4) is 0 Å². The lowest BCUT2D eigenvalue weighted by molar-refractivity contribution is 0.232. The molecule has 0 bridgehead atoms. The summed E-state index contributed by atoms with van der Waals surface area (Å²) in [5.74, 6) is 1.46. The maximum Gasteiger partial charge on any atom is 0.213 e. The van der Waals surface area contributed by atoms with Crippen molar-refractivity contribution >= 4 is 5.96 Å². The van der Waals surface area contributed by atoms with E-state index in [1.807, 2.05) is 32.2 Å². The Morgan fingerprint density at radius 3 is 2.52 bits per heavy atom. The molecule has 0 aliphatic rings. The molecule has 0 aliphatic heterocycles. The second-order valence-corrected chi connectivity index (χ2v) is 6.24. The number of hydrogen-bond acceptors (Lipinski definition) is 3. The number of nitrogens with zero attached hydrogens (tertiary/aromatic N) is 2. The van der Waals surface area contributed by atoms with Crippen molar-refractivity contribution in [2.75, 3.05) is 6.54 Å². The quantitative estimate of drug-likeness (QED) is 0.647. The first-order valence-electron chi connectivity index (χ1n) is 7.48. The molecule has 0 atom stereocenters. The number of rotatable bonds is 5. The highest BCUT2D eigenvalue weighted by Crippen LogP contribution is 2.10. The maximum atomic E-state index is 5.53. The van der Waals surface area contributed by atoms with Crippen LogP contribution in [-0.4, -0.2) is 29.1 Å². The molecule has 21 heavy (non-hydrogen) atoms. The number of aliphatic imine (C=N–C) groups is 1. The minimum Gasteiger partial charge on any atom is -0.475 e. The van der Waals surface area contributed by atoms with Gasteiger partial charge in [0.2, 0.25) is 5.88 Å². The van der Waals surface area contributed by atoms with Crippen LogP contribution in [-0.2, 0) is 6.54 Å². The average Bonchev–Trinajstić information content (AvgIpc) is 2.35. The van der Waals surface area contributed by atoms with E-state index in [0.29, 0.717) is 12.4 Å². The normalized spacial score (nSPS) is 12.4. The summed E-state index contributed by atoms with van der Waals surface area (Å²) in [7, 11) is 0. The Hall–Kier alpha value is -1.78. The molecular weight excluding hydrogens is 264 g/mol. The van der Waals surface area contributed by atoms with Crippen LogP contribution in [0.25, 0.3) is 0 Å². The highest BCUT2D eigenvalue weighted by atomic mass is 16.5. The topological polar surface area (TPSA) is 58.5 Å². The summed E-state index contributed by atoms with van der Waals surface area (Å²) < 4.78 is 5.53. The van der Waals surface area contributed by atoms with Gasteiger partial charge in [0.1, 0.15) is 0 Å². The highest BCUT2D eigenvalue weighted by molar-refractivity contribution is 5.80. The fraction of sp³-hybridized carbons (Fsp3) is 0.625. The minimum absolute atomic E-state index is 0.0196. The lowest BCUT2D eigenvalue weighted by Crippen LogP contribution is -2.47. The fourth-order valence-electron chi connectivity index (χ4n) is 1.65. The van der Waals surface area contributed by atoms with E-state index in [9.17, 15) is 0 Å². The van der Waals surface area contributed by atoms with Crippen LogP contribution in [0, 0.1) is 0 Å². The molecule has 1 aromatic heterocycles. The van der Waals surface area contributed by atoms with E-state index in [1.165, 1.54) is 0 Å². The average molecular weight is 292 g/mol. The van der Waals surface area contributed by atoms with E-state index in [2.05, 4.69) is 48.3 Å². The van der Waals surface area contributed by atoms with Gasteiger partial charge in [-0.2, -0.15) is 0 Å². The first-order valence-corrected chi connectivity index (χ1v) is 7.48. The Labute approximate surface area is 128 Å². The lowest BCUT2D eigenvalue weighted by atomic mass is 10.1. The van der Waals surface area contributed by atoms with Gasteiger partial charge in [-0.25, -0.2) is 9.98 Å². The lowest BCUT2D eigenvalue weighted by Gasteiger charge is -2.23. The second kappa shape index (κ2) is 7.86. The van der Waals surface area contributed by atoms with Gasteiger partial charge >= 0.3 is 0 Å². The van der Waals surface area contributed by atoms with Crippen molar-refractivity contribution in [3.05, 3.63) is 23.9 Å². The summed E-state index contributed by atoms with van der Waals surface area (Å²) in [6, 6.07) is 3.88. The Morgan fingerprint density at radius 1 is 1.33 bits per heavy atom. The molecule has 1 aromatic rings. The molecule has 1 rings (SSSR count). The van der Waals surface area contributed by atoms with Gasteiger partial charge in [-0.05, 0) is 47.1 Å². The molecule has 0 radical (unpaired) electrons. The van der Waals surface area contributed by atoms with Gasteiger partial charge in [0.15, 0.2) is 5.96 Å². The van der Waals surface area contributed by atoms with E-state index in [4.69, 9.17) is 4.74 Å². The Kier molecular flexibility index (Phi) is 6.46. The molecule has 0 aliphatic carbocycles. The molecule has 0 amide bonds. The largest absolute Gasteiger partial charge is 0.475 e. The van der Waals surface area contributed by atoms with Crippen LogP contribution in [0.1, 0.15) is 47.1 Å². The van der Waals surface area contributed by atoms with Gasteiger partial charge in [-0.15, -0.1) is 0 Å². The van der Waals surface area contributed by atoms with Crippen LogP contribution in [0.15, 0.2) is 23.3 Å². The van der Waals surface area contributed by atoms with E-state index >= 15 is 0 Å². The van der Waals surface area contributed by atoms with Crippen molar-refractivity contribution in [3.8, 4) is 5.88 Å². The van der Waals surface area contributed by atoms with Crippen molar-refractivity contribution in [2.24, 2.45) is 4.99 Å². The zero-order valence-corrected chi connectivity index (χ0v) is 14.0. The Bertz CT molecular complexity index is 446. The zero-order valence-electron chi connectivity index (χ0n) is 14.0. The molecule has 0 unspecified atom stereocenters. The molecule has 0 saturated carbocycles. The molecule has 0 saturated heterocycles. The van der Waals surface area contributed by atoms with Gasteiger partial charge in [-0.1, -0.05) is 6.07 Å². The van der Waals surface area contributed by atoms with E-state index in [0.717, 1.165) is 18.1 Å². The van der Waals surface area contributed by atoms with Crippen molar-refractivity contribution in [3.63, 3.8) is 0 Å². The first kappa shape index (κ1) is 17.3. The van der Waals surface area contributed by atoms with Gasteiger partial charge in [0.25, 0.3) is 0 Å². The predicted octanol–water partition coefficient (Wildman–Crippen LogP) is 2.72. The van der Waals surface area contributed by atoms with Crippen LogP contribution >= 0.6 is 0 Å². The number of guanidine groups is 1. The number of nitrogens with one attached hydrogen (secondary N) is 2. The van der Waals surface area contributed by atoms with Crippen LogP contribution in [0.4, 0.5) is 0 Å². The van der Waals surface area contributed by atoms with Crippen molar-refractivity contribution in [2.45, 2.75) is 59.7 Å². The van der Waals surface area contributed by atoms with E-state index in [1.54, 1.807) is 0 Å². The first-order chi connectivity index (χ1) is 9.80. The number of pyridine rings is 1. The van der Waals surface area contributed by atoms with Gasteiger partial charge in [0, 0.05) is 24.3 Å². The van der Waals surface area contributed by atoms with Crippen molar-refractivity contribution < 1.29 is 4.74 Å². The summed E-state index contributed by atoms with van der Waals surface area (Å²) in [5, 5.41) is 6.60. The SMILES string of the molecule is CCNC(=NCc1ccc(OC(C)C)nc1)NC(C)(C)C. The number of hydrogen-bond donors (Lipinski definition) is 2. The zero-order chi connectivity index (χ0) is 15.9. The maximum absolute atomic E-state index is 5.53. The van der Waals surface area contributed by atoms with Crippen LogP contribution in [0.2, 0.25) is 0 Å². The summed E-state index contributed by atoms with van der Waals surface area (Å²) in [6.45, 7) is 13.8. The monoisotopic (exact) mass is 292 g/mol. The molecule has 0 aromatic carbocycles. The van der Waals surface area contributed by atoms with E-state index < -0.39 is 0 Å². The fourth-order valence-corrected chi connectivity index (χ4v) is 1.65. The smallest absolute Gasteiger partial charge is 0.213 e.